The van der Waals surface area contributed by atoms with E-state index in [1.165, 1.54) is 29.2 Å². The molecule has 1 amide bonds. The Morgan fingerprint density at radius 2 is 1.56 bits per heavy atom. The van der Waals surface area contributed by atoms with Crippen LogP contribution in [0.3, 0.4) is 0 Å². The van der Waals surface area contributed by atoms with Crippen LogP contribution in [-0.2, 0) is 6.18 Å². The summed E-state index contributed by atoms with van der Waals surface area (Å²) < 4.78 is 39.4. The highest BCUT2D eigenvalue weighted by molar-refractivity contribution is 5.96. The molecule has 0 unspecified atom stereocenters. The summed E-state index contributed by atoms with van der Waals surface area (Å²) >= 11 is 0. The van der Waals surface area contributed by atoms with Gasteiger partial charge in [-0.2, -0.15) is 13.2 Å². The van der Waals surface area contributed by atoms with Crippen molar-refractivity contribution in [1.29, 1.82) is 0 Å². The second kappa shape index (κ2) is 7.26. The molecule has 0 aromatic heterocycles. The van der Waals surface area contributed by atoms with Gasteiger partial charge in [0, 0.05) is 32.2 Å². The molecule has 6 nitrogen and oxygen atoms in total. The minimum atomic E-state index is -4.61. The summed E-state index contributed by atoms with van der Waals surface area (Å²) in [5, 5.41) is 11.2. The molecule has 2 aromatic rings. The number of anilines is 1. The molecule has 1 aliphatic rings. The smallest absolute Gasteiger partial charge is 0.362 e. The Kier molecular flexibility index (Phi) is 5.02. The quantitative estimate of drug-likeness (QED) is 0.604. The van der Waals surface area contributed by atoms with Crippen molar-refractivity contribution in [2.24, 2.45) is 0 Å². The van der Waals surface area contributed by atoms with Crippen LogP contribution >= 0.6 is 0 Å². The van der Waals surface area contributed by atoms with E-state index in [9.17, 15) is 28.1 Å². The van der Waals surface area contributed by atoms with Gasteiger partial charge < -0.3 is 9.80 Å². The van der Waals surface area contributed by atoms with Gasteiger partial charge in [0.15, 0.2) is 0 Å². The molecule has 0 N–H and O–H groups in total. The molecule has 1 saturated heterocycles. The van der Waals surface area contributed by atoms with Gasteiger partial charge in [0.1, 0.15) is 5.69 Å². The molecule has 0 atom stereocenters. The first-order valence-corrected chi connectivity index (χ1v) is 8.23. The number of nitro benzene ring substituents is 1. The summed E-state index contributed by atoms with van der Waals surface area (Å²) in [6.07, 6.45) is -4.61. The molecule has 0 bridgehead atoms. The predicted octanol–water partition coefficient (Wildman–Crippen LogP) is 3.58. The van der Waals surface area contributed by atoms with Crippen LogP contribution in [0.4, 0.5) is 24.5 Å². The highest BCUT2D eigenvalue weighted by Gasteiger charge is 2.36. The molecule has 27 heavy (non-hydrogen) atoms. The highest BCUT2D eigenvalue weighted by Crippen LogP contribution is 2.33. The molecule has 1 fully saturated rings. The number of benzene rings is 2. The van der Waals surface area contributed by atoms with Crippen LogP contribution in [-0.4, -0.2) is 41.9 Å². The number of halogens is 3. The topological polar surface area (TPSA) is 66.7 Å². The Bertz CT molecular complexity index is 862. The van der Waals surface area contributed by atoms with Gasteiger partial charge in [-0.3, -0.25) is 14.9 Å². The molecule has 1 heterocycles. The number of rotatable bonds is 3. The van der Waals surface area contributed by atoms with E-state index >= 15 is 0 Å². The molecule has 142 valence electrons. The van der Waals surface area contributed by atoms with Crippen LogP contribution < -0.4 is 4.90 Å². The minimum absolute atomic E-state index is 0.0420. The lowest BCUT2D eigenvalue weighted by molar-refractivity contribution is -0.384. The third kappa shape index (κ3) is 3.86. The number of piperazine rings is 1. The van der Waals surface area contributed by atoms with Crippen molar-refractivity contribution in [3.8, 4) is 0 Å². The van der Waals surface area contributed by atoms with Crippen LogP contribution in [0.15, 0.2) is 48.5 Å². The zero-order chi connectivity index (χ0) is 19.6. The normalized spacial score (nSPS) is 14.9. The minimum Gasteiger partial charge on any atom is -0.362 e. The zero-order valence-corrected chi connectivity index (χ0v) is 14.1. The second-order valence-corrected chi connectivity index (χ2v) is 6.07. The summed E-state index contributed by atoms with van der Waals surface area (Å²) in [7, 11) is 0. The van der Waals surface area contributed by atoms with Crippen LogP contribution in [0.1, 0.15) is 15.9 Å². The first-order chi connectivity index (χ1) is 12.8. The lowest BCUT2D eigenvalue weighted by atomic mass is 10.1. The fraction of sp³-hybridized carbons (Fsp3) is 0.278. The van der Waals surface area contributed by atoms with Crippen molar-refractivity contribution in [2.75, 3.05) is 31.1 Å². The lowest BCUT2D eigenvalue weighted by Gasteiger charge is -2.36. The van der Waals surface area contributed by atoms with Gasteiger partial charge in [0.2, 0.25) is 0 Å². The van der Waals surface area contributed by atoms with Crippen molar-refractivity contribution >= 4 is 17.3 Å². The Morgan fingerprint density at radius 1 is 0.963 bits per heavy atom. The van der Waals surface area contributed by atoms with Crippen LogP contribution in [0.25, 0.3) is 0 Å². The number of amides is 1. The third-order valence-electron chi connectivity index (χ3n) is 4.45. The predicted molar refractivity (Wildman–Crippen MR) is 92.7 cm³/mol. The number of alkyl halides is 3. The monoisotopic (exact) mass is 379 g/mol. The maximum absolute atomic E-state index is 13.1. The number of carbonyl (C=O) groups excluding carboxylic acids is 1. The van der Waals surface area contributed by atoms with Gasteiger partial charge in [-0.15, -0.1) is 0 Å². The van der Waals surface area contributed by atoms with Crippen LogP contribution in [0.5, 0.6) is 0 Å². The van der Waals surface area contributed by atoms with E-state index < -0.39 is 22.6 Å². The number of hydrogen-bond donors (Lipinski definition) is 0. The maximum atomic E-state index is 13.1. The molecule has 0 saturated carbocycles. The Hall–Kier alpha value is -3.10. The summed E-state index contributed by atoms with van der Waals surface area (Å²) in [4.78, 5) is 26.4. The average molecular weight is 379 g/mol. The standard InChI is InChI=1S/C18H16F3N3O3/c19-18(20,21)14-6-2-1-5-13(14)17(25)23-11-9-22(10-12-23)15-7-3-4-8-16(15)24(26)27/h1-8H,9-12H2. The van der Waals surface area contributed by atoms with Crippen molar-refractivity contribution in [3.05, 3.63) is 69.8 Å². The molecule has 9 heteroatoms. The Labute approximate surface area is 153 Å². The van der Waals surface area contributed by atoms with E-state index in [2.05, 4.69) is 0 Å². The number of para-hydroxylation sites is 2. The van der Waals surface area contributed by atoms with E-state index in [-0.39, 0.29) is 24.3 Å². The molecule has 0 radical (unpaired) electrons. The van der Waals surface area contributed by atoms with Gasteiger partial charge in [0.05, 0.1) is 16.1 Å². The van der Waals surface area contributed by atoms with Gasteiger partial charge in [-0.1, -0.05) is 24.3 Å². The molecular weight excluding hydrogens is 363 g/mol. The van der Waals surface area contributed by atoms with Gasteiger partial charge >= 0.3 is 6.18 Å². The van der Waals surface area contributed by atoms with E-state index in [0.29, 0.717) is 18.8 Å². The van der Waals surface area contributed by atoms with E-state index in [1.807, 2.05) is 0 Å². The number of carbonyl (C=O) groups is 1. The third-order valence-corrected chi connectivity index (χ3v) is 4.45. The fourth-order valence-electron chi connectivity index (χ4n) is 3.12. The Balaban J connectivity index is 1.76. The molecule has 3 rings (SSSR count). The van der Waals surface area contributed by atoms with Crippen molar-refractivity contribution < 1.29 is 22.9 Å². The largest absolute Gasteiger partial charge is 0.417 e. The second-order valence-electron chi connectivity index (χ2n) is 6.07. The van der Waals surface area contributed by atoms with Crippen molar-refractivity contribution in [3.63, 3.8) is 0 Å². The van der Waals surface area contributed by atoms with Gasteiger partial charge in [0.25, 0.3) is 11.6 Å². The van der Waals surface area contributed by atoms with E-state index in [4.69, 9.17) is 0 Å². The summed E-state index contributed by atoms with van der Waals surface area (Å²) in [6.45, 7) is 0.948. The van der Waals surface area contributed by atoms with E-state index in [1.54, 1.807) is 23.1 Å². The molecular formula is C18H16F3N3O3. The van der Waals surface area contributed by atoms with E-state index in [0.717, 1.165) is 6.07 Å². The Morgan fingerprint density at radius 3 is 2.19 bits per heavy atom. The van der Waals surface area contributed by atoms with Gasteiger partial charge in [-0.25, -0.2) is 0 Å². The van der Waals surface area contributed by atoms with Crippen molar-refractivity contribution in [1.82, 2.24) is 4.90 Å². The van der Waals surface area contributed by atoms with Crippen LogP contribution in [0, 0.1) is 10.1 Å². The number of nitro groups is 1. The van der Waals surface area contributed by atoms with Crippen LogP contribution in [0.2, 0.25) is 0 Å². The van der Waals surface area contributed by atoms with Gasteiger partial charge in [-0.05, 0) is 18.2 Å². The number of nitrogens with zero attached hydrogens (tertiary/aromatic N) is 3. The summed E-state index contributed by atoms with van der Waals surface area (Å²) in [5.74, 6) is -0.690. The molecule has 0 spiro atoms. The lowest BCUT2D eigenvalue weighted by Crippen LogP contribution is -2.49. The first-order valence-electron chi connectivity index (χ1n) is 8.23. The first kappa shape index (κ1) is 18.7. The zero-order valence-electron chi connectivity index (χ0n) is 14.1. The average Bonchev–Trinajstić information content (AvgIpc) is 2.67. The summed E-state index contributed by atoms with van der Waals surface area (Å²) in [6, 6.07) is 10.9. The summed E-state index contributed by atoms with van der Waals surface area (Å²) in [5.41, 5.74) is -0.953. The van der Waals surface area contributed by atoms with Crippen molar-refractivity contribution in [2.45, 2.75) is 6.18 Å². The molecule has 1 aliphatic heterocycles. The fourth-order valence-corrected chi connectivity index (χ4v) is 3.12. The molecule has 0 aliphatic carbocycles. The SMILES string of the molecule is O=C(c1ccccc1C(F)(F)F)N1CCN(c2ccccc2[N+](=O)[O-])CC1. The highest BCUT2D eigenvalue weighted by atomic mass is 19.4. The molecule has 2 aromatic carbocycles. The maximum Gasteiger partial charge on any atom is 0.417 e. The number of hydrogen-bond acceptors (Lipinski definition) is 4.